The van der Waals surface area contributed by atoms with Gasteiger partial charge in [0, 0.05) is 25.2 Å². The van der Waals surface area contributed by atoms with Crippen LogP contribution in [0.15, 0.2) is 36.4 Å². The number of hydrogen-bond acceptors (Lipinski definition) is 2. The first-order chi connectivity index (χ1) is 9.54. The van der Waals surface area contributed by atoms with Crippen molar-refractivity contribution < 1.29 is 0 Å². The summed E-state index contributed by atoms with van der Waals surface area (Å²) >= 11 is 0. The van der Waals surface area contributed by atoms with Crippen molar-refractivity contribution in [2.24, 2.45) is 0 Å². The molecule has 1 N–H and O–H groups in total. The van der Waals surface area contributed by atoms with Crippen LogP contribution in [0.25, 0.3) is 0 Å². The van der Waals surface area contributed by atoms with Crippen LogP contribution in [-0.4, -0.2) is 30.1 Å². The van der Waals surface area contributed by atoms with E-state index in [4.69, 9.17) is 0 Å². The summed E-state index contributed by atoms with van der Waals surface area (Å²) in [6.45, 7) is 11.1. The summed E-state index contributed by atoms with van der Waals surface area (Å²) in [4.78, 5) is 2.52. The fourth-order valence-electron chi connectivity index (χ4n) is 2.60. The molecule has 20 heavy (non-hydrogen) atoms. The highest BCUT2D eigenvalue weighted by Gasteiger charge is 2.11. The number of benzene rings is 1. The molecule has 2 rings (SSSR count). The molecule has 0 amide bonds. The second-order valence-electron chi connectivity index (χ2n) is 6.69. The van der Waals surface area contributed by atoms with Gasteiger partial charge in [-0.15, -0.1) is 0 Å². The maximum Gasteiger partial charge on any atom is 0.0239 e. The lowest BCUT2D eigenvalue weighted by molar-refractivity contribution is 0.289. The van der Waals surface area contributed by atoms with Gasteiger partial charge in [-0.3, -0.25) is 4.90 Å². The summed E-state index contributed by atoms with van der Waals surface area (Å²) in [6, 6.07) is 8.88. The molecule has 2 heteroatoms. The zero-order valence-electron chi connectivity index (χ0n) is 13.2. The van der Waals surface area contributed by atoms with E-state index in [1.54, 1.807) is 0 Å². The topological polar surface area (TPSA) is 15.3 Å². The van der Waals surface area contributed by atoms with E-state index in [9.17, 15) is 0 Å². The van der Waals surface area contributed by atoms with Gasteiger partial charge in [0.25, 0.3) is 0 Å². The number of nitrogens with zero attached hydrogens (tertiary/aromatic N) is 1. The third-order valence-electron chi connectivity index (χ3n) is 3.70. The van der Waals surface area contributed by atoms with Crippen LogP contribution in [0.2, 0.25) is 0 Å². The van der Waals surface area contributed by atoms with Crippen LogP contribution < -0.4 is 5.32 Å². The normalized spacial score (nSPS) is 16.6. The maximum absolute atomic E-state index is 3.58. The second-order valence-corrected chi connectivity index (χ2v) is 6.69. The molecule has 0 aliphatic carbocycles. The van der Waals surface area contributed by atoms with Gasteiger partial charge in [-0.25, -0.2) is 0 Å². The fourth-order valence-corrected chi connectivity index (χ4v) is 2.60. The van der Waals surface area contributed by atoms with Gasteiger partial charge in [0.1, 0.15) is 0 Å². The Labute approximate surface area is 123 Å². The highest BCUT2D eigenvalue weighted by atomic mass is 15.1. The van der Waals surface area contributed by atoms with Crippen LogP contribution in [0.3, 0.4) is 0 Å². The van der Waals surface area contributed by atoms with Crippen molar-refractivity contribution >= 4 is 0 Å². The van der Waals surface area contributed by atoms with Crippen LogP contribution >= 0.6 is 0 Å². The Morgan fingerprint density at radius 2 is 1.85 bits per heavy atom. The van der Waals surface area contributed by atoms with Crippen molar-refractivity contribution in [1.29, 1.82) is 0 Å². The Morgan fingerprint density at radius 3 is 2.50 bits per heavy atom. The third-order valence-corrected chi connectivity index (χ3v) is 3.70. The molecular weight excluding hydrogens is 244 g/mol. The maximum atomic E-state index is 3.58. The molecule has 0 aromatic heterocycles. The quantitative estimate of drug-likeness (QED) is 0.827. The molecule has 0 saturated heterocycles. The summed E-state index contributed by atoms with van der Waals surface area (Å²) in [5.74, 6) is 0. The van der Waals surface area contributed by atoms with Crippen molar-refractivity contribution in [2.45, 2.75) is 45.7 Å². The smallest absolute Gasteiger partial charge is 0.0239 e. The lowest BCUT2D eigenvalue weighted by atomic mass is 10.0. The van der Waals surface area contributed by atoms with Crippen LogP contribution in [0.5, 0.6) is 0 Å². The molecule has 1 aromatic rings. The lowest BCUT2D eigenvalue weighted by Crippen LogP contribution is -2.37. The standard InChI is InChI=1S/C18H28N2/c1-18(2,3)19-12-11-16-9-5-6-10-17(16)15-20-13-7-4-8-14-20/h4-7,9-10,19H,8,11-15H2,1-3H3. The predicted octanol–water partition coefficient (Wildman–Crippen LogP) is 3.38. The number of hydrogen-bond donors (Lipinski definition) is 1. The molecule has 0 spiro atoms. The van der Waals surface area contributed by atoms with Crippen molar-refractivity contribution in [3.05, 3.63) is 47.5 Å². The van der Waals surface area contributed by atoms with Crippen LogP contribution in [0, 0.1) is 0 Å². The molecule has 0 unspecified atom stereocenters. The Kier molecular flexibility index (Phi) is 5.38. The van der Waals surface area contributed by atoms with E-state index >= 15 is 0 Å². The van der Waals surface area contributed by atoms with E-state index in [-0.39, 0.29) is 5.54 Å². The van der Waals surface area contributed by atoms with Gasteiger partial charge in [-0.1, -0.05) is 36.4 Å². The summed E-state index contributed by atoms with van der Waals surface area (Å²) < 4.78 is 0. The summed E-state index contributed by atoms with van der Waals surface area (Å²) in [5, 5.41) is 3.58. The Hall–Kier alpha value is -1.12. The average molecular weight is 272 g/mol. The zero-order chi connectivity index (χ0) is 14.4. The van der Waals surface area contributed by atoms with Crippen LogP contribution in [-0.2, 0) is 13.0 Å². The van der Waals surface area contributed by atoms with E-state index in [1.807, 2.05) is 0 Å². The van der Waals surface area contributed by atoms with Gasteiger partial charge in [0.15, 0.2) is 0 Å². The van der Waals surface area contributed by atoms with Gasteiger partial charge >= 0.3 is 0 Å². The first-order valence-corrected chi connectivity index (χ1v) is 7.74. The Bertz CT molecular complexity index is 443. The zero-order valence-corrected chi connectivity index (χ0v) is 13.2. The fraction of sp³-hybridized carbons (Fsp3) is 0.556. The Morgan fingerprint density at radius 1 is 1.10 bits per heavy atom. The molecule has 1 aromatic carbocycles. The van der Waals surface area contributed by atoms with Gasteiger partial charge in [0.05, 0.1) is 0 Å². The SMILES string of the molecule is CC(C)(C)NCCc1ccccc1CN1CC=CCC1. The Balaban J connectivity index is 1.93. The molecule has 0 saturated carbocycles. The monoisotopic (exact) mass is 272 g/mol. The molecule has 1 heterocycles. The van der Waals surface area contributed by atoms with Crippen molar-refractivity contribution in [1.82, 2.24) is 10.2 Å². The molecule has 1 aliphatic rings. The molecule has 0 fully saturated rings. The van der Waals surface area contributed by atoms with Gasteiger partial charge in [-0.2, -0.15) is 0 Å². The molecule has 110 valence electrons. The van der Waals surface area contributed by atoms with E-state index < -0.39 is 0 Å². The first kappa shape index (κ1) is 15.3. The molecule has 0 radical (unpaired) electrons. The van der Waals surface area contributed by atoms with Crippen molar-refractivity contribution in [3.63, 3.8) is 0 Å². The summed E-state index contributed by atoms with van der Waals surface area (Å²) in [5.41, 5.74) is 3.17. The lowest BCUT2D eigenvalue weighted by Gasteiger charge is -2.25. The summed E-state index contributed by atoms with van der Waals surface area (Å²) in [6.07, 6.45) is 6.87. The minimum absolute atomic E-state index is 0.201. The van der Waals surface area contributed by atoms with Gasteiger partial charge < -0.3 is 5.32 Å². The van der Waals surface area contributed by atoms with Crippen molar-refractivity contribution in [3.8, 4) is 0 Å². The average Bonchev–Trinajstić information content (AvgIpc) is 2.40. The molecule has 0 bridgehead atoms. The van der Waals surface area contributed by atoms with Crippen LogP contribution in [0.4, 0.5) is 0 Å². The minimum atomic E-state index is 0.201. The second kappa shape index (κ2) is 7.05. The van der Waals surface area contributed by atoms with Gasteiger partial charge in [0.2, 0.25) is 0 Å². The van der Waals surface area contributed by atoms with Crippen LogP contribution in [0.1, 0.15) is 38.3 Å². The molecular formula is C18H28N2. The van der Waals surface area contributed by atoms with E-state index in [0.29, 0.717) is 0 Å². The summed E-state index contributed by atoms with van der Waals surface area (Å²) in [7, 11) is 0. The van der Waals surface area contributed by atoms with E-state index in [2.05, 4.69) is 67.4 Å². The number of rotatable bonds is 5. The number of nitrogens with one attached hydrogen (secondary N) is 1. The van der Waals surface area contributed by atoms with E-state index in [1.165, 1.54) is 24.1 Å². The minimum Gasteiger partial charge on any atom is -0.312 e. The predicted molar refractivity (Wildman–Crippen MR) is 86.9 cm³/mol. The highest BCUT2D eigenvalue weighted by molar-refractivity contribution is 5.27. The van der Waals surface area contributed by atoms with E-state index in [0.717, 1.165) is 26.1 Å². The van der Waals surface area contributed by atoms with Gasteiger partial charge in [-0.05, 0) is 51.3 Å². The molecule has 0 atom stereocenters. The van der Waals surface area contributed by atoms with Crippen molar-refractivity contribution in [2.75, 3.05) is 19.6 Å². The highest BCUT2D eigenvalue weighted by Crippen LogP contribution is 2.14. The molecule has 2 nitrogen and oxygen atoms in total. The molecule has 1 aliphatic heterocycles. The third kappa shape index (κ3) is 5.10. The largest absolute Gasteiger partial charge is 0.312 e. The first-order valence-electron chi connectivity index (χ1n) is 7.74.